The average molecular weight is 217 g/mol. The molecule has 1 aliphatic rings. The van der Waals surface area contributed by atoms with Crippen molar-refractivity contribution in [3.05, 3.63) is 30.1 Å². The second kappa shape index (κ2) is 4.36. The molecule has 1 fully saturated rings. The molecule has 1 aromatic heterocycles. The topological polar surface area (TPSA) is 30.0 Å². The summed E-state index contributed by atoms with van der Waals surface area (Å²) < 4.78 is 0. The third kappa shape index (κ3) is 2.31. The molecule has 0 amide bonds. The summed E-state index contributed by atoms with van der Waals surface area (Å²) in [5.41, 5.74) is 1.08. The number of hydrogen-bond acceptors (Lipinski definition) is 2. The van der Waals surface area contributed by atoms with Crippen molar-refractivity contribution in [1.82, 2.24) is 4.98 Å². The van der Waals surface area contributed by atoms with Gasteiger partial charge in [0.2, 0.25) is 0 Å². The predicted molar refractivity (Wildman–Crippen MR) is 64.1 cm³/mol. The van der Waals surface area contributed by atoms with E-state index in [2.05, 4.69) is 18.8 Å². The van der Waals surface area contributed by atoms with E-state index in [-0.39, 0.29) is 11.3 Å². The van der Waals surface area contributed by atoms with Crippen LogP contribution in [0.25, 0.3) is 0 Å². The number of carbonyl (C=O) groups is 1. The molecule has 1 atom stereocenters. The van der Waals surface area contributed by atoms with E-state index in [9.17, 15) is 4.79 Å². The van der Waals surface area contributed by atoms with Gasteiger partial charge < -0.3 is 0 Å². The van der Waals surface area contributed by atoms with Gasteiger partial charge in [0, 0.05) is 24.2 Å². The normalized spacial score (nSPS) is 23.2. The highest BCUT2D eigenvalue weighted by atomic mass is 16.1. The first kappa shape index (κ1) is 11.3. The van der Waals surface area contributed by atoms with Crippen molar-refractivity contribution in [3.63, 3.8) is 0 Å². The van der Waals surface area contributed by atoms with Gasteiger partial charge in [-0.1, -0.05) is 26.3 Å². The van der Waals surface area contributed by atoms with E-state index < -0.39 is 0 Å². The Hall–Kier alpha value is -1.18. The zero-order valence-electron chi connectivity index (χ0n) is 10.1. The lowest BCUT2D eigenvalue weighted by Crippen LogP contribution is -2.27. The highest BCUT2D eigenvalue weighted by Crippen LogP contribution is 2.43. The Kier molecular flexibility index (Phi) is 3.08. The van der Waals surface area contributed by atoms with E-state index >= 15 is 0 Å². The Morgan fingerprint density at radius 1 is 1.50 bits per heavy atom. The van der Waals surface area contributed by atoms with Crippen molar-refractivity contribution >= 4 is 5.78 Å². The first-order valence-corrected chi connectivity index (χ1v) is 6.02. The minimum atomic E-state index is 0.186. The van der Waals surface area contributed by atoms with E-state index in [0.29, 0.717) is 12.2 Å². The van der Waals surface area contributed by atoms with Crippen LogP contribution in [0.2, 0.25) is 0 Å². The number of pyridine rings is 1. The van der Waals surface area contributed by atoms with Crippen LogP contribution in [0.4, 0.5) is 0 Å². The zero-order chi connectivity index (χ0) is 11.6. The van der Waals surface area contributed by atoms with E-state index in [1.54, 1.807) is 6.20 Å². The van der Waals surface area contributed by atoms with Crippen molar-refractivity contribution in [2.24, 2.45) is 11.3 Å². The van der Waals surface area contributed by atoms with Gasteiger partial charge in [-0.3, -0.25) is 9.78 Å². The SMILES string of the molecule is CC1(C)CCCC1C(=O)Cc1ccccn1. The Bertz CT molecular complexity index is 370. The van der Waals surface area contributed by atoms with Gasteiger partial charge in [-0.2, -0.15) is 0 Å². The fourth-order valence-electron chi connectivity index (χ4n) is 2.73. The highest BCUT2D eigenvalue weighted by molar-refractivity contribution is 5.83. The molecule has 0 N–H and O–H groups in total. The maximum atomic E-state index is 12.2. The summed E-state index contributed by atoms with van der Waals surface area (Å²) in [5.74, 6) is 0.593. The summed E-state index contributed by atoms with van der Waals surface area (Å²) in [7, 11) is 0. The van der Waals surface area contributed by atoms with Gasteiger partial charge in [0.1, 0.15) is 5.78 Å². The zero-order valence-corrected chi connectivity index (χ0v) is 10.1. The van der Waals surface area contributed by atoms with Gasteiger partial charge in [0.05, 0.1) is 0 Å². The smallest absolute Gasteiger partial charge is 0.142 e. The monoisotopic (exact) mass is 217 g/mol. The summed E-state index contributed by atoms with van der Waals surface area (Å²) in [6, 6.07) is 5.75. The van der Waals surface area contributed by atoms with Crippen LogP contribution in [0, 0.1) is 11.3 Å². The Balaban J connectivity index is 2.04. The number of aromatic nitrogens is 1. The largest absolute Gasteiger partial charge is 0.299 e. The second-order valence-corrected chi connectivity index (χ2v) is 5.40. The standard InChI is InChI=1S/C14H19NO/c1-14(2)8-5-7-12(14)13(16)10-11-6-3-4-9-15-11/h3-4,6,9,12H,5,7-8,10H2,1-2H3. The van der Waals surface area contributed by atoms with E-state index in [1.807, 2.05) is 18.2 Å². The van der Waals surface area contributed by atoms with Crippen LogP contribution < -0.4 is 0 Å². The van der Waals surface area contributed by atoms with Crippen molar-refractivity contribution < 1.29 is 4.79 Å². The molecule has 86 valence electrons. The summed E-state index contributed by atoms with van der Waals surface area (Å²) in [6.07, 6.45) is 5.66. The quantitative estimate of drug-likeness (QED) is 0.779. The van der Waals surface area contributed by atoms with Crippen LogP contribution in [0.15, 0.2) is 24.4 Å². The Morgan fingerprint density at radius 3 is 2.88 bits per heavy atom. The van der Waals surface area contributed by atoms with Gasteiger partial charge in [0.15, 0.2) is 0 Å². The minimum absolute atomic E-state index is 0.186. The van der Waals surface area contributed by atoms with Gasteiger partial charge in [0.25, 0.3) is 0 Å². The molecule has 1 aliphatic carbocycles. The molecular formula is C14H19NO. The maximum Gasteiger partial charge on any atom is 0.142 e. The summed E-state index contributed by atoms with van der Waals surface area (Å²) in [4.78, 5) is 16.4. The van der Waals surface area contributed by atoms with E-state index in [0.717, 1.165) is 12.1 Å². The highest BCUT2D eigenvalue weighted by Gasteiger charge is 2.38. The Labute approximate surface area is 97.1 Å². The van der Waals surface area contributed by atoms with Crippen molar-refractivity contribution in [2.45, 2.75) is 39.5 Å². The molecule has 0 bridgehead atoms. The molecule has 1 unspecified atom stereocenters. The fraction of sp³-hybridized carbons (Fsp3) is 0.571. The van der Waals surface area contributed by atoms with E-state index in [4.69, 9.17) is 0 Å². The molecule has 2 heteroatoms. The number of nitrogens with zero attached hydrogens (tertiary/aromatic N) is 1. The number of rotatable bonds is 3. The third-order valence-corrected chi connectivity index (χ3v) is 3.73. The molecule has 1 saturated carbocycles. The molecule has 0 radical (unpaired) electrons. The van der Waals surface area contributed by atoms with Crippen LogP contribution in [0.5, 0.6) is 0 Å². The lowest BCUT2D eigenvalue weighted by atomic mass is 9.78. The molecule has 0 spiro atoms. The van der Waals surface area contributed by atoms with Crippen LogP contribution in [0.3, 0.4) is 0 Å². The lowest BCUT2D eigenvalue weighted by Gasteiger charge is -2.25. The predicted octanol–water partition coefficient (Wildman–Crippen LogP) is 3.02. The summed E-state index contributed by atoms with van der Waals surface area (Å²) >= 11 is 0. The molecule has 2 nitrogen and oxygen atoms in total. The number of hydrogen-bond donors (Lipinski definition) is 0. The third-order valence-electron chi connectivity index (χ3n) is 3.73. The average Bonchev–Trinajstić information content (AvgIpc) is 2.59. The van der Waals surface area contributed by atoms with Crippen molar-refractivity contribution in [1.29, 1.82) is 0 Å². The van der Waals surface area contributed by atoms with Gasteiger partial charge in [-0.15, -0.1) is 0 Å². The van der Waals surface area contributed by atoms with Crippen molar-refractivity contribution in [3.8, 4) is 0 Å². The summed E-state index contributed by atoms with van der Waals surface area (Å²) in [6.45, 7) is 4.42. The van der Waals surface area contributed by atoms with Gasteiger partial charge in [-0.25, -0.2) is 0 Å². The second-order valence-electron chi connectivity index (χ2n) is 5.40. The first-order chi connectivity index (χ1) is 7.59. The Morgan fingerprint density at radius 2 is 2.31 bits per heavy atom. The first-order valence-electron chi connectivity index (χ1n) is 6.02. The molecule has 0 aliphatic heterocycles. The van der Waals surface area contributed by atoms with E-state index in [1.165, 1.54) is 12.8 Å². The maximum absolute atomic E-state index is 12.2. The van der Waals surface area contributed by atoms with Gasteiger partial charge >= 0.3 is 0 Å². The lowest BCUT2D eigenvalue weighted by molar-refractivity contribution is -0.124. The molecule has 2 rings (SSSR count). The fourth-order valence-corrected chi connectivity index (χ4v) is 2.73. The molecule has 1 heterocycles. The van der Waals surface area contributed by atoms with Gasteiger partial charge in [-0.05, 0) is 30.4 Å². The number of Topliss-reactive ketones (excluding diaryl/α,β-unsaturated/α-hetero) is 1. The molecule has 0 saturated heterocycles. The number of ketones is 1. The van der Waals surface area contributed by atoms with Crippen LogP contribution >= 0.6 is 0 Å². The van der Waals surface area contributed by atoms with Crippen molar-refractivity contribution in [2.75, 3.05) is 0 Å². The molecule has 16 heavy (non-hydrogen) atoms. The number of carbonyl (C=O) groups excluding carboxylic acids is 1. The minimum Gasteiger partial charge on any atom is -0.299 e. The van der Waals surface area contributed by atoms with Crippen LogP contribution in [0.1, 0.15) is 38.8 Å². The van der Waals surface area contributed by atoms with Crippen LogP contribution in [-0.2, 0) is 11.2 Å². The molecular weight excluding hydrogens is 198 g/mol. The molecule has 0 aromatic carbocycles. The van der Waals surface area contributed by atoms with Crippen LogP contribution in [-0.4, -0.2) is 10.8 Å². The summed E-state index contributed by atoms with van der Waals surface area (Å²) in [5, 5.41) is 0. The molecule has 1 aromatic rings.